The zero-order valence-corrected chi connectivity index (χ0v) is 19.6. The van der Waals surface area contributed by atoms with Crippen molar-refractivity contribution in [3.63, 3.8) is 0 Å². The maximum Gasteiger partial charge on any atom is 0.124 e. The lowest BCUT2D eigenvalue weighted by molar-refractivity contribution is 0.106. The predicted octanol–water partition coefficient (Wildman–Crippen LogP) is 5.20. The summed E-state index contributed by atoms with van der Waals surface area (Å²) in [5.41, 5.74) is 5.28. The first-order valence-electron chi connectivity index (χ1n) is 12.3. The third-order valence-electron chi connectivity index (χ3n) is 7.06. The van der Waals surface area contributed by atoms with Crippen LogP contribution < -0.4 is 10.1 Å². The van der Waals surface area contributed by atoms with E-state index in [1.54, 1.807) is 0 Å². The molecule has 2 aliphatic rings. The van der Waals surface area contributed by atoms with E-state index in [2.05, 4.69) is 101 Å². The number of nitrogens with zero attached hydrogens (tertiary/aromatic N) is 2. The number of hydrogen-bond acceptors (Lipinski definition) is 4. The Morgan fingerprint density at radius 3 is 2.12 bits per heavy atom. The molecule has 5 rings (SSSR count). The molecule has 3 aromatic rings. The standard InChI is InChI=1S/C29H35N3O/c1-31-17-15-25(16-18-31)30-28-13-8-14-29-27(28)19-26(22-33-29)32(20-23-9-4-2-5-10-23)21-24-11-6-3-7-12-24/h2-14,25-26,30H,15-22H2,1H3/t26-/m0/s1. The van der Waals surface area contributed by atoms with Crippen molar-refractivity contribution >= 4 is 5.69 Å². The van der Waals surface area contributed by atoms with Gasteiger partial charge in [0.05, 0.1) is 0 Å². The molecule has 0 unspecified atom stereocenters. The first kappa shape index (κ1) is 22.0. The van der Waals surface area contributed by atoms with Crippen LogP contribution in [0.3, 0.4) is 0 Å². The number of hydrogen-bond donors (Lipinski definition) is 1. The molecule has 1 N–H and O–H groups in total. The summed E-state index contributed by atoms with van der Waals surface area (Å²) in [5.74, 6) is 1.04. The van der Waals surface area contributed by atoms with Gasteiger partial charge < -0.3 is 15.0 Å². The van der Waals surface area contributed by atoms with E-state index in [0.29, 0.717) is 12.1 Å². The van der Waals surface area contributed by atoms with Crippen LogP contribution in [0.2, 0.25) is 0 Å². The van der Waals surface area contributed by atoms with Crippen molar-refractivity contribution in [2.45, 2.75) is 44.4 Å². The zero-order valence-electron chi connectivity index (χ0n) is 19.6. The molecule has 33 heavy (non-hydrogen) atoms. The number of nitrogens with one attached hydrogen (secondary N) is 1. The lowest BCUT2D eigenvalue weighted by Gasteiger charge is -2.37. The molecule has 0 radical (unpaired) electrons. The van der Waals surface area contributed by atoms with Gasteiger partial charge >= 0.3 is 0 Å². The molecule has 1 atom stereocenters. The molecule has 172 valence electrons. The van der Waals surface area contributed by atoms with Crippen molar-refractivity contribution in [3.05, 3.63) is 95.6 Å². The topological polar surface area (TPSA) is 27.7 Å². The molecule has 4 heteroatoms. The molecule has 0 spiro atoms. The van der Waals surface area contributed by atoms with Crippen LogP contribution >= 0.6 is 0 Å². The Morgan fingerprint density at radius 2 is 1.48 bits per heavy atom. The van der Waals surface area contributed by atoms with E-state index in [4.69, 9.17) is 4.74 Å². The smallest absolute Gasteiger partial charge is 0.124 e. The second-order valence-electron chi connectivity index (χ2n) is 9.55. The van der Waals surface area contributed by atoms with Crippen LogP contribution in [-0.2, 0) is 19.5 Å². The Kier molecular flexibility index (Phi) is 6.94. The molecule has 4 nitrogen and oxygen atoms in total. The van der Waals surface area contributed by atoms with Crippen LogP contribution in [0.4, 0.5) is 5.69 Å². The molecule has 0 amide bonds. The fraction of sp³-hybridized carbons (Fsp3) is 0.379. The molecule has 0 aliphatic carbocycles. The molecule has 3 aromatic carbocycles. The third kappa shape index (κ3) is 5.58. The molecule has 2 aliphatic heterocycles. The number of piperidine rings is 1. The van der Waals surface area contributed by atoms with Crippen LogP contribution in [-0.4, -0.2) is 48.6 Å². The van der Waals surface area contributed by atoms with E-state index in [-0.39, 0.29) is 0 Å². The van der Waals surface area contributed by atoms with Crippen molar-refractivity contribution in [3.8, 4) is 5.75 Å². The van der Waals surface area contributed by atoms with Crippen LogP contribution in [0.15, 0.2) is 78.9 Å². The summed E-state index contributed by atoms with van der Waals surface area (Å²) in [4.78, 5) is 5.00. The van der Waals surface area contributed by atoms with Crippen molar-refractivity contribution in [2.24, 2.45) is 0 Å². The first-order valence-corrected chi connectivity index (χ1v) is 12.3. The van der Waals surface area contributed by atoms with Crippen LogP contribution in [0, 0.1) is 0 Å². The number of rotatable bonds is 7. The molecule has 0 saturated carbocycles. The summed E-state index contributed by atoms with van der Waals surface area (Å²) in [5, 5.41) is 3.86. The van der Waals surface area contributed by atoms with E-state index in [0.717, 1.165) is 45.0 Å². The Bertz CT molecular complexity index is 974. The lowest BCUT2D eigenvalue weighted by atomic mass is 9.97. The molecule has 0 aromatic heterocycles. The predicted molar refractivity (Wildman–Crippen MR) is 136 cm³/mol. The highest BCUT2D eigenvalue weighted by atomic mass is 16.5. The minimum atomic E-state index is 0.332. The maximum absolute atomic E-state index is 6.35. The van der Waals surface area contributed by atoms with Gasteiger partial charge in [0.25, 0.3) is 0 Å². The fourth-order valence-electron chi connectivity index (χ4n) is 5.08. The number of benzene rings is 3. The third-order valence-corrected chi connectivity index (χ3v) is 7.06. The second kappa shape index (κ2) is 10.4. The van der Waals surface area contributed by atoms with Gasteiger partial charge in [-0.25, -0.2) is 0 Å². The largest absolute Gasteiger partial charge is 0.492 e. The summed E-state index contributed by atoms with van der Waals surface area (Å²) < 4.78 is 6.35. The van der Waals surface area contributed by atoms with Crippen molar-refractivity contribution < 1.29 is 4.74 Å². The summed E-state index contributed by atoms with van der Waals surface area (Å²) in [7, 11) is 2.22. The van der Waals surface area contributed by atoms with E-state index < -0.39 is 0 Å². The number of ether oxygens (including phenoxy) is 1. The van der Waals surface area contributed by atoms with Gasteiger partial charge in [-0.05, 0) is 62.7 Å². The SMILES string of the molecule is CN1CCC(Nc2cccc3c2C[C@H](N(Cc2ccccc2)Cc2ccccc2)CO3)CC1. The summed E-state index contributed by atoms with van der Waals surface area (Å²) in [6.07, 6.45) is 3.39. The summed E-state index contributed by atoms with van der Waals surface area (Å²) in [6.45, 7) is 4.89. The van der Waals surface area contributed by atoms with Crippen molar-refractivity contribution in [1.82, 2.24) is 9.80 Å². The molecular weight excluding hydrogens is 406 g/mol. The summed E-state index contributed by atoms with van der Waals surface area (Å²) in [6, 6.07) is 29.0. The van der Waals surface area contributed by atoms with E-state index in [9.17, 15) is 0 Å². The maximum atomic E-state index is 6.35. The Balaban J connectivity index is 1.36. The van der Waals surface area contributed by atoms with Gasteiger partial charge in [-0.1, -0.05) is 66.7 Å². The fourth-order valence-corrected chi connectivity index (χ4v) is 5.08. The summed E-state index contributed by atoms with van der Waals surface area (Å²) >= 11 is 0. The minimum absolute atomic E-state index is 0.332. The minimum Gasteiger partial charge on any atom is -0.492 e. The molecule has 2 heterocycles. The van der Waals surface area contributed by atoms with E-state index >= 15 is 0 Å². The average molecular weight is 442 g/mol. The van der Waals surface area contributed by atoms with Gasteiger partial charge in [0.1, 0.15) is 12.4 Å². The van der Waals surface area contributed by atoms with Gasteiger partial charge in [0.2, 0.25) is 0 Å². The average Bonchev–Trinajstić information content (AvgIpc) is 2.86. The highest BCUT2D eigenvalue weighted by Crippen LogP contribution is 2.34. The van der Waals surface area contributed by atoms with Crippen LogP contribution in [0.5, 0.6) is 5.75 Å². The van der Waals surface area contributed by atoms with Gasteiger partial charge in [-0.3, -0.25) is 4.90 Å². The van der Waals surface area contributed by atoms with E-state index in [1.165, 1.54) is 35.2 Å². The molecule has 1 saturated heterocycles. The van der Waals surface area contributed by atoms with Gasteiger partial charge in [-0.15, -0.1) is 0 Å². The monoisotopic (exact) mass is 441 g/mol. The van der Waals surface area contributed by atoms with Crippen molar-refractivity contribution in [2.75, 3.05) is 32.1 Å². The first-order chi connectivity index (χ1) is 16.2. The normalized spacial score (nSPS) is 19.2. The van der Waals surface area contributed by atoms with E-state index in [1.807, 2.05) is 0 Å². The molecule has 0 bridgehead atoms. The Labute approximate surface area is 198 Å². The highest BCUT2D eigenvalue weighted by Gasteiger charge is 2.28. The molecular formula is C29H35N3O. The lowest BCUT2D eigenvalue weighted by Crippen LogP contribution is -2.43. The Morgan fingerprint density at radius 1 is 0.848 bits per heavy atom. The van der Waals surface area contributed by atoms with Gasteiger partial charge in [0, 0.05) is 36.4 Å². The second-order valence-corrected chi connectivity index (χ2v) is 9.55. The Hall–Kier alpha value is -2.82. The van der Waals surface area contributed by atoms with Gasteiger partial charge in [0.15, 0.2) is 0 Å². The van der Waals surface area contributed by atoms with Crippen LogP contribution in [0.25, 0.3) is 0 Å². The number of likely N-dealkylation sites (tertiary alicyclic amines) is 1. The quantitative estimate of drug-likeness (QED) is 0.546. The zero-order chi connectivity index (χ0) is 22.5. The highest BCUT2D eigenvalue weighted by molar-refractivity contribution is 5.59. The molecule has 1 fully saturated rings. The van der Waals surface area contributed by atoms with Gasteiger partial charge in [-0.2, -0.15) is 0 Å². The van der Waals surface area contributed by atoms with Crippen molar-refractivity contribution in [1.29, 1.82) is 0 Å². The van der Waals surface area contributed by atoms with Crippen LogP contribution in [0.1, 0.15) is 29.5 Å². The number of anilines is 1. The number of fused-ring (bicyclic) bond motifs is 1.